The third-order valence-electron chi connectivity index (χ3n) is 4.31. The van der Waals surface area contributed by atoms with Crippen molar-refractivity contribution < 1.29 is 14.6 Å². The molecule has 0 aromatic heterocycles. The molecule has 1 aromatic rings. The average Bonchev–Trinajstić information content (AvgIpc) is 2.46. The Hall–Kier alpha value is -1.55. The van der Waals surface area contributed by atoms with Gasteiger partial charge in [-0.25, -0.2) is 4.79 Å². The lowest BCUT2D eigenvalue weighted by Gasteiger charge is -2.41. The molecule has 128 valence electrons. The summed E-state index contributed by atoms with van der Waals surface area (Å²) in [6.07, 6.45) is 2.69. The van der Waals surface area contributed by atoms with E-state index in [0.717, 1.165) is 24.8 Å². The molecule has 1 fully saturated rings. The van der Waals surface area contributed by atoms with Gasteiger partial charge in [-0.3, -0.25) is 0 Å². The summed E-state index contributed by atoms with van der Waals surface area (Å²) in [5.41, 5.74) is 0.395. The van der Waals surface area contributed by atoms with Gasteiger partial charge in [-0.05, 0) is 58.9 Å². The Morgan fingerprint density at radius 1 is 1.30 bits per heavy atom. The van der Waals surface area contributed by atoms with E-state index in [-0.39, 0.29) is 18.2 Å². The Morgan fingerprint density at radius 2 is 1.96 bits per heavy atom. The van der Waals surface area contributed by atoms with E-state index in [1.54, 1.807) is 0 Å². The maximum Gasteiger partial charge on any atom is 0.410 e. The van der Waals surface area contributed by atoms with Gasteiger partial charge in [-0.15, -0.1) is 0 Å². The fourth-order valence-corrected chi connectivity index (χ4v) is 3.23. The lowest BCUT2D eigenvalue weighted by molar-refractivity contribution is -0.0112. The number of carbonyl (C=O) groups is 1. The minimum absolute atomic E-state index is 0.0174. The SMILES string of the molecule is C[C@@H]1CCC[C@@H](C[C@@H](O)c2ccccc2)N1C(=O)OC(C)(C)C. The van der Waals surface area contributed by atoms with Crippen LogP contribution >= 0.6 is 0 Å². The molecule has 3 atom stereocenters. The van der Waals surface area contributed by atoms with E-state index in [9.17, 15) is 9.90 Å². The molecule has 2 rings (SSSR count). The Labute approximate surface area is 139 Å². The lowest BCUT2D eigenvalue weighted by atomic mass is 9.91. The molecule has 0 spiro atoms. The number of rotatable bonds is 3. The number of benzene rings is 1. The van der Waals surface area contributed by atoms with Crippen molar-refractivity contribution in [3.8, 4) is 0 Å². The fourth-order valence-electron chi connectivity index (χ4n) is 3.23. The Balaban J connectivity index is 2.09. The number of piperidine rings is 1. The van der Waals surface area contributed by atoms with Crippen LogP contribution in [0.1, 0.15) is 65.0 Å². The van der Waals surface area contributed by atoms with Gasteiger partial charge < -0.3 is 14.7 Å². The molecule has 1 N–H and O–H groups in total. The molecule has 4 heteroatoms. The standard InChI is InChI=1S/C19H29NO3/c1-14-9-8-12-16(20(14)18(22)23-19(2,3)4)13-17(21)15-10-6-5-7-11-15/h5-7,10-11,14,16-17,21H,8-9,12-13H2,1-4H3/t14-,16+,17-/m1/s1. The molecule has 0 radical (unpaired) electrons. The molecular weight excluding hydrogens is 290 g/mol. The van der Waals surface area contributed by atoms with Crippen LogP contribution in [0, 0.1) is 0 Å². The van der Waals surface area contributed by atoms with Crippen LogP contribution in [0.3, 0.4) is 0 Å². The number of nitrogens with zero attached hydrogens (tertiary/aromatic N) is 1. The summed E-state index contributed by atoms with van der Waals surface area (Å²) in [4.78, 5) is 14.4. The van der Waals surface area contributed by atoms with Crippen molar-refractivity contribution >= 4 is 6.09 Å². The summed E-state index contributed by atoms with van der Waals surface area (Å²) >= 11 is 0. The molecule has 4 nitrogen and oxygen atoms in total. The fraction of sp³-hybridized carbons (Fsp3) is 0.632. The second-order valence-corrected chi connectivity index (χ2v) is 7.48. The van der Waals surface area contributed by atoms with Crippen LogP contribution in [0.2, 0.25) is 0 Å². The maximum atomic E-state index is 12.6. The van der Waals surface area contributed by atoms with E-state index in [1.165, 1.54) is 0 Å². The van der Waals surface area contributed by atoms with Gasteiger partial charge >= 0.3 is 6.09 Å². The molecule has 23 heavy (non-hydrogen) atoms. The highest BCUT2D eigenvalue weighted by Crippen LogP contribution is 2.31. The molecule has 1 aliphatic rings. The lowest BCUT2D eigenvalue weighted by Crippen LogP contribution is -2.51. The zero-order valence-corrected chi connectivity index (χ0v) is 14.7. The first-order chi connectivity index (χ1) is 10.8. The summed E-state index contributed by atoms with van der Waals surface area (Å²) in [6, 6.07) is 9.80. The summed E-state index contributed by atoms with van der Waals surface area (Å²) in [5.74, 6) is 0. The zero-order chi connectivity index (χ0) is 17.0. The minimum atomic E-state index is -0.559. The monoisotopic (exact) mass is 319 g/mol. The van der Waals surface area contributed by atoms with Gasteiger partial charge in [0.15, 0.2) is 0 Å². The zero-order valence-electron chi connectivity index (χ0n) is 14.7. The first-order valence-corrected chi connectivity index (χ1v) is 8.52. The van der Waals surface area contributed by atoms with Crippen molar-refractivity contribution in [2.75, 3.05) is 0 Å². The highest BCUT2D eigenvalue weighted by Gasteiger charge is 2.35. The second-order valence-electron chi connectivity index (χ2n) is 7.48. The number of amides is 1. The van der Waals surface area contributed by atoms with E-state index < -0.39 is 11.7 Å². The smallest absolute Gasteiger partial charge is 0.410 e. The molecular formula is C19H29NO3. The highest BCUT2D eigenvalue weighted by molar-refractivity contribution is 5.69. The predicted molar refractivity (Wildman–Crippen MR) is 91.2 cm³/mol. The van der Waals surface area contributed by atoms with Gasteiger partial charge in [-0.1, -0.05) is 30.3 Å². The number of aliphatic hydroxyl groups is 1. The molecule has 1 heterocycles. The van der Waals surface area contributed by atoms with Crippen LogP contribution in [-0.4, -0.2) is 33.8 Å². The normalized spacial score (nSPS) is 23.4. The van der Waals surface area contributed by atoms with Crippen molar-refractivity contribution in [3.05, 3.63) is 35.9 Å². The van der Waals surface area contributed by atoms with Crippen molar-refractivity contribution in [1.82, 2.24) is 4.90 Å². The van der Waals surface area contributed by atoms with E-state index in [2.05, 4.69) is 6.92 Å². The van der Waals surface area contributed by atoms with Crippen molar-refractivity contribution in [1.29, 1.82) is 0 Å². The Bertz CT molecular complexity index is 509. The summed E-state index contributed by atoms with van der Waals surface area (Å²) < 4.78 is 5.57. The Kier molecular flexibility index (Phi) is 5.69. The summed E-state index contributed by atoms with van der Waals surface area (Å²) in [7, 11) is 0. The molecule has 1 saturated heterocycles. The van der Waals surface area contributed by atoms with E-state index in [4.69, 9.17) is 4.74 Å². The molecule has 0 bridgehead atoms. The predicted octanol–water partition coefficient (Wildman–Crippen LogP) is 4.29. The molecule has 1 amide bonds. The third-order valence-corrected chi connectivity index (χ3v) is 4.31. The molecule has 0 saturated carbocycles. The second kappa shape index (κ2) is 7.35. The van der Waals surface area contributed by atoms with Gasteiger partial charge in [0, 0.05) is 12.1 Å². The van der Waals surface area contributed by atoms with E-state index in [1.807, 2.05) is 56.0 Å². The van der Waals surface area contributed by atoms with Crippen LogP contribution < -0.4 is 0 Å². The number of ether oxygens (including phenoxy) is 1. The number of aliphatic hydroxyl groups excluding tert-OH is 1. The maximum absolute atomic E-state index is 12.6. The highest BCUT2D eigenvalue weighted by atomic mass is 16.6. The van der Waals surface area contributed by atoms with Gasteiger partial charge in [0.2, 0.25) is 0 Å². The van der Waals surface area contributed by atoms with E-state index >= 15 is 0 Å². The quantitative estimate of drug-likeness (QED) is 0.904. The molecule has 1 aliphatic heterocycles. The number of likely N-dealkylation sites (tertiary alicyclic amines) is 1. The third kappa shape index (κ3) is 4.96. The van der Waals surface area contributed by atoms with Gasteiger partial charge in [0.05, 0.1) is 6.10 Å². The number of hydrogen-bond donors (Lipinski definition) is 1. The molecule has 0 aliphatic carbocycles. The van der Waals surface area contributed by atoms with Crippen molar-refractivity contribution in [3.63, 3.8) is 0 Å². The van der Waals surface area contributed by atoms with Gasteiger partial charge in [0.1, 0.15) is 5.60 Å². The number of carbonyl (C=O) groups excluding carboxylic acids is 1. The first kappa shape index (κ1) is 17.8. The topological polar surface area (TPSA) is 49.8 Å². The largest absolute Gasteiger partial charge is 0.444 e. The average molecular weight is 319 g/mol. The van der Waals surface area contributed by atoms with Crippen LogP contribution in [-0.2, 0) is 4.74 Å². The number of hydrogen-bond acceptors (Lipinski definition) is 3. The van der Waals surface area contributed by atoms with Crippen LogP contribution in [0.15, 0.2) is 30.3 Å². The molecule has 1 aromatic carbocycles. The summed E-state index contributed by atoms with van der Waals surface area (Å²) in [5, 5.41) is 10.5. The van der Waals surface area contributed by atoms with Crippen molar-refractivity contribution in [2.24, 2.45) is 0 Å². The van der Waals surface area contributed by atoms with Crippen LogP contribution in [0.4, 0.5) is 4.79 Å². The summed E-state index contributed by atoms with van der Waals surface area (Å²) in [6.45, 7) is 7.71. The van der Waals surface area contributed by atoms with Crippen LogP contribution in [0.25, 0.3) is 0 Å². The molecule has 0 unspecified atom stereocenters. The van der Waals surface area contributed by atoms with E-state index in [0.29, 0.717) is 6.42 Å². The van der Waals surface area contributed by atoms with Crippen molar-refractivity contribution in [2.45, 2.75) is 77.2 Å². The minimum Gasteiger partial charge on any atom is -0.444 e. The van der Waals surface area contributed by atoms with Gasteiger partial charge in [0.25, 0.3) is 0 Å². The van der Waals surface area contributed by atoms with Crippen LogP contribution in [0.5, 0.6) is 0 Å². The first-order valence-electron chi connectivity index (χ1n) is 8.52. The Morgan fingerprint density at radius 3 is 2.57 bits per heavy atom. The van der Waals surface area contributed by atoms with Gasteiger partial charge in [-0.2, -0.15) is 0 Å².